The molecular formula is C18H27NO4. The van der Waals surface area contributed by atoms with Crippen LogP contribution >= 0.6 is 0 Å². The lowest BCUT2D eigenvalue weighted by Gasteiger charge is -2.12. The molecule has 0 aromatic heterocycles. The Morgan fingerprint density at radius 1 is 1.26 bits per heavy atom. The molecule has 1 aromatic rings. The third kappa shape index (κ3) is 7.17. The second-order valence-electron chi connectivity index (χ2n) is 5.83. The Bertz CT molecular complexity index is 528. The molecule has 1 aromatic carbocycles. The van der Waals surface area contributed by atoms with Crippen LogP contribution in [0, 0.1) is 19.8 Å². The minimum atomic E-state index is -0.856. The van der Waals surface area contributed by atoms with Crippen LogP contribution in [-0.2, 0) is 9.59 Å². The van der Waals surface area contributed by atoms with Crippen LogP contribution in [-0.4, -0.2) is 30.1 Å². The van der Waals surface area contributed by atoms with E-state index in [0.29, 0.717) is 25.9 Å². The molecule has 0 aliphatic heterocycles. The lowest BCUT2D eigenvalue weighted by atomic mass is 10.0. The first-order valence-electron chi connectivity index (χ1n) is 8.13. The topological polar surface area (TPSA) is 75.6 Å². The summed E-state index contributed by atoms with van der Waals surface area (Å²) < 4.78 is 5.62. The quantitative estimate of drug-likeness (QED) is 0.649. The molecule has 5 nitrogen and oxygen atoms in total. The minimum absolute atomic E-state index is 0.129. The van der Waals surface area contributed by atoms with Crippen LogP contribution in [0.2, 0.25) is 0 Å². The Morgan fingerprint density at radius 2 is 2.00 bits per heavy atom. The fourth-order valence-electron chi connectivity index (χ4n) is 2.21. The molecule has 128 valence electrons. The van der Waals surface area contributed by atoms with Crippen LogP contribution in [0.15, 0.2) is 18.2 Å². The number of carboxylic acid groups (broad SMARTS) is 1. The van der Waals surface area contributed by atoms with Crippen molar-refractivity contribution in [1.29, 1.82) is 0 Å². The first-order chi connectivity index (χ1) is 10.9. The summed E-state index contributed by atoms with van der Waals surface area (Å²) in [4.78, 5) is 22.7. The number of carbonyl (C=O) groups excluding carboxylic acids is 1. The molecule has 2 N–H and O–H groups in total. The molecule has 0 aliphatic carbocycles. The highest BCUT2D eigenvalue weighted by atomic mass is 16.5. The highest BCUT2D eigenvalue weighted by Gasteiger charge is 2.16. The number of hydrogen-bond donors (Lipinski definition) is 2. The van der Waals surface area contributed by atoms with E-state index in [-0.39, 0.29) is 12.5 Å². The number of aliphatic carboxylic acids is 1. The smallest absolute Gasteiger partial charge is 0.308 e. The van der Waals surface area contributed by atoms with E-state index in [9.17, 15) is 9.59 Å². The van der Waals surface area contributed by atoms with Gasteiger partial charge in [0.1, 0.15) is 5.75 Å². The normalized spacial score (nSPS) is 11.8. The highest BCUT2D eigenvalue weighted by Crippen LogP contribution is 2.16. The number of carbonyl (C=O) groups is 2. The average molecular weight is 321 g/mol. The summed E-state index contributed by atoms with van der Waals surface area (Å²) in [5.41, 5.74) is 2.40. The number of benzene rings is 1. The molecule has 1 atom stereocenters. The van der Waals surface area contributed by atoms with Crippen LogP contribution in [0.1, 0.15) is 43.7 Å². The van der Waals surface area contributed by atoms with Gasteiger partial charge in [0.25, 0.3) is 0 Å². The summed E-state index contributed by atoms with van der Waals surface area (Å²) in [6.45, 7) is 6.67. The van der Waals surface area contributed by atoms with Crippen molar-refractivity contribution in [2.45, 2.75) is 46.5 Å². The predicted octanol–water partition coefficient (Wildman–Crippen LogP) is 3.08. The molecule has 1 unspecified atom stereocenters. The molecule has 0 radical (unpaired) electrons. The number of ether oxygens (including phenoxy) is 1. The van der Waals surface area contributed by atoms with E-state index in [0.717, 1.165) is 12.2 Å². The molecule has 0 spiro atoms. The van der Waals surface area contributed by atoms with Crippen molar-refractivity contribution in [3.05, 3.63) is 29.3 Å². The zero-order valence-electron chi connectivity index (χ0n) is 14.2. The lowest BCUT2D eigenvalue weighted by Crippen LogP contribution is -2.32. The molecule has 0 saturated carbocycles. The van der Waals surface area contributed by atoms with Crippen molar-refractivity contribution < 1.29 is 19.4 Å². The van der Waals surface area contributed by atoms with Crippen LogP contribution < -0.4 is 10.1 Å². The number of nitrogens with one attached hydrogen (secondary N) is 1. The largest absolute Gasteiger partial charge is 0.494 e. The van der Waals surface area contributed by atoms with E-state index in [4.69, 9.17) is 9.84 Å². The lowest BCUT2D eigenvalue weighted by molar-refractivity contribution is -0.141. The van der Waals surface area contributed by atoms with E-state index >= 15 is 0 Å². The Labute approximate surface area is 138 Å². The summed E-state index contributed by atoms with van der Waals surface area (Å²) >= 11 is 0. The summed E-state index contributed by atoms with van der Waals surface area (Å²) in [6.07, 6.45) is 2.30. The standard InChI is InChI=1S/C18H27NO4/c1-4-6-15(18(21)22)12-19-17(20)7-5-10-23-16-9-8-13(2)14(3)11-16/h8-9,11,15H,4-7,10,12H2,1-3H3,(H,19,20)(H,21,22). The SMILES string of the molecule is CCCC(CNC(=O)CCCOc1ccc(C)c(C)c1)C(=O)O. The number of carboxylic acids is 1. The van der Waals surface area contributed by atoms with E-state index in [1.165, 1.54) is 11.1 Å². The second-order valence-corrected chi connectivity index (χ2v) is 5.83. The molecule has 1 rings (SSSR count). The first kappa shape index (κ1) is 19.0. The number of amides is 1. The summed E-state index contributed by atoms with van der Waals surface area (Å²) in [6, 6.07) is 5.92. The Hall–Kier alpha value is -2.04. The van der Waals surface area contributed by atoms with Crippen LogP contribution in [0.25, 0.3) is 0 Å². The summed E-state index contributed by atoms with van der Waals surface area (Å²) in [5.74, 6) is -0.681. The van der Waals surface area contributed by atoms with Crippen LogP contribution in [0.4, 0.5) is 0 Å². The Balaban J connectivity index is 2.23. The van der Waals surface area contributed by atoms with E-state index in [1.807, 2.05) is 39.0 Å². The van der Waals surface area contributed by atoms with Gasteiger partial charge in [0.05, 0.1) is 12.5 Å². The fourth-order valence-corrected chi connectivity index (χ4v) is 2.21. The molecule has 0 aliphatic rings. The van der Waals surface area contributed by atoms with E-state index < -0.39 is 11.9 Å². The highest BCUT2D eigenvalue weighted by molar-refractivity contribution is 5.77. The maximum Gasteiger partial charge on any atom is 0.308 e. The van der Waals surface area contributed by atoms with Gasteiger partial charge in [-0.15, -0.1) is 0 Å². The van der Waals surface area contributed by atoms with Crippen molar-refractivity contribution in [3.8, 4) is 5.75 Å². The number of aryl methyl sites for hydroxylation is 2. The van der Waals surface area contributed by atoms with Gasteiger partial charge in [-0.05, 0) is 49.9 Å². The molecular weight excluding hydrogens is 294 g/mol. The van der Waals surface area contributed by atoms with Crippen molar-refractivity contribution in [2.75, 3.05) is 13.2 Å². The van der Waals surface area contributed by atoms with Crippen molar-refractivity contribution in [2.24, 2.45) is 5.92 Å². The molecule has 0 heterocycles. The fraction of sp³-hybridized carbons (Fsp3) is 0.556. The van der Waals surface area contributed by atoms with Gasteiger partial charge in [0, 0.05) is 13.0 Å². The van der Waals surface area contributed by atoms with Gasteiger partial charge < -0.3 is 15.2 Å². The molecule has 0 fully saturated rings. The van der Waals surface area contributed by atoms with Crippen LogP contribution in [0.5, 0.6) is 5.75 Å². The van der Waals surface area contributed by atoms with Gasteiger partial charge in [-0.2, -0.15) is 0 Å². The monoisotopic (exact) mass is 321 g/mol. The molecule has 0 saturated heterocycles. The van der Waals surface area contributed by atoms with Crippen molar-refractivity contribution in [3.63, 3.8) is 0 Å². The maximum atomic E-state index is 11.7. The van der Waals surface area contributed by atoms with Gasteiger partial charge in [-0.3, -0.25) is 9.59 Å². The molecule has 5 heteroatoms. The summed E-state index contributed by atoms with van der Waals surface area (Å²) in [5, 5.41) is 11.7. The van der Waals surface area contributed by atoms with Crippen molar-refractivity contribution in [1.82, 2.24) is 5.32 Å². The minimum Gasteiger partial charge on any atom is -0.494 e. The molecule has 1 amide bonds. The van der Waals surface area contributed by atoms with Gasteiger partial charge in [-0.25, -0.2) is 0 Å². The van der Waals surface area contributed by atoms with Crippen LogP contribution in [0.3, 0.4) is 0 Å². The van der Waals surface area contributed by atoms with Gasteiger partial charge in [-0.1, -0.05) is 19.4 Å². The van der Waals surface area contributed by atoms with E-state index in [2.05, 4.69) is 5.32 Å². The second kappa shape index (κ2) is 9.87. The van der Waals surface area contributed by atoms with Gasteiger partial charge in [0.2, 0.25) is 5.91 Å². The average Bonchev–Trinajstić information content (AvgIpc) is 2.51. The predicted molar refractivity (Wildman–Crippen MR) is 89.7 cm³/mol. The van der Waals surface area contributed by atoms with Crippen molar-refractivity contribution >= 4 is 11.9 Å². The maximum absolute atomic E-state index is 11.7. The molecule has 23 heavy (non-hydrogen) atoms. The summed E-state index contributed by atoms with van der Waals surface area (Å²) in [7, 11) is 0. The first-order valence-corrected chi connectivity index (χ1v) is 8.13. The third-order valence-corrected chi connectivity index (χ3v) is 3.83. The number of rotatable bonds is 10. The van der Waals surface area contributed by atoms with E-state index in [1.54, 1.807) is 0 Å². The zero-order chi connectivity index (χ0) is 17.2. The number of hydrogen-bond acceptors (Lipinski definition) is 3. The van der Waals surface area contributed by atoms with Gasteiger partial charge >= 0.3 is 5.97 Å². The molecule has 0 bridgehead atoms. The Morgan fingerprint density at radius 3 is 2.61 bits per heavy atom. The zero-order valence-corrected chi connectivity index (χ0v) is 14.2. The van der Waals surface area contributed by atoms with Gasteiger partial charge in [0.15, 0.2) is 0 Å². The Kier molecular flexibility index (Phi) is 8.16. The third-order valence-electron chi connectivity index (χ3n) is 3.83.